The molecule has 41 heavy (non-hydrogen) atoms. The molecule has 0 bridgehead atoms. The van der Waals surface area contributed by atoms with Gasteiger partial charge in [0.2, 0.25) is 11.8 Å². The largest absolute Gasteiger partial charge is 0.494 e. The van der Waals surface area contributed by atoms with E-state index in [0.29, 0.717) is 22.9 Å². The molecule has 0 radical (unpaired) electrons. The third-order valence-corrected chi connectivity index (χ3v) is 8.09. The Balaban J connectivity index is 2.03. The molecule has 0 saturated carbocycles. The van der Waals surface area contributed by atoms with Gasteiger partial charge < -0.3 is 15.0 Å². The fourth-order valence-electron chi connectivity index (χ4n) is 3.98. The zero-order chi connectivity index (χ0) is 30.4. The quantitative estimate of drug-likeness (QED) is 0.316. The standard InChI is InChI=1S/C30H35ClFN3O5S/c1-6-40-26-15-13-25(14-16-26)35(41(38,39)27-17-11-24(32)12-18-27)20-28(36)34(19-22-7-9-23(31)10-8-22)21(2)29(37)33-30(3,4)5/h7-18,21H,6,19-20H2,1-5H3,(H,33,37). The number of carbonyl (C=O) groups is 2. The van der Waals surface area contributed by atoms with Crippen molar-refractivity contribution in [2.45, 2.75) is 57.6 Å². The number of sulfonamides is 1. The molecule has 0 aliphatic rings. The molecule has 11 heteroatoms. The van der Waals surface area contributed by atoms with E-state index in [9.17, 15) is 22.4 Å². The van der Waals surface area contributed by atoms with Gasteiger partial charge in [0.05, 0.1) is 17.2 Å². The van der Waals surface area contributed by atoms with Crippen molar-refractivity contribution in [1.82, 2.24) is 10.2 Å². The first-order chi connectivity index (χ1) is 19.2. The van der Waals surface area contributed by atoms with Gasteiger partial charge in [-0.3, -0.25) is 13.9 Å². The molecule has 0 aliphatic heterocycles. The van der Waals surface area contributed by atoms with Crippen LogP contribution in [0.1, 0.15) is 40.2 Å². The zero-order valence-corrected chi connectivity index (χ0v) is 25.3. The number of hydrogen-bond donors (Lipinski definition) is 1. The summed E-state index contributed by atoms with van der Waals surface area (Å²) < 4.78 is 47.7. The van der Waals surface area contributed by atoms with Crippen molar-refractivity contribution in [3.8, 4) is 5.75 Å². The average Bonchev–Trinajstić information content (AvgIpc) is 2.91. The molecule has 8 nitrogen and oxygen atoms in total. The molecular weight excluding hydrogens is 569 g/mol. The van der Waals surface area contributed by atoms with Crippen LogP contribution < -0.4 is 14.4 Å². The number of rotatable bonds is 11. The highest BCUT2D eigenvalue weighted by atomic mass is 35.5. The molecule has 3 aromatic rings. The lowest BCUT2D eigenvalue weighted by atomic mass is 10.1. The lowest BCUT2D eigenvalue weighted by Crippen LogP contribution is -2.54. The Bertz CT molecular complexity index is 1440. The van der Waals surface area contributed by atoms with E-state index in [1.165, 1.54) is 17.0 Å². The summed E-state index contributed by atoms with van der Waals surface area (Å²) in [6.45, 7) is 8.72. The summed E-state index contributed by atoms with van der Waals surface area (Å²) in [6.07, 6.45) is 0. The van der Waals surface area contributed by atoms with Crippen LogP contribution in [0.25, 0.3) is 0 Å². The van der Waals surface area contributed by atoms with Crippen molar-refractivity contribution < 1.29 is 27.1 Å². The summed E-state index contributed by atoms with van der Waals surface area (Å²) in [5.74, 6) is -1.08. The molecule has 0 aliphatic carbocycles. The average molecular weight is 604 g/mol. The monoisotopic (exact) mass is 603 g/mol. The van der Waals surface area contributed by atoms with Crippen LogP contribution in [0.3, 0.4) is 0 Å². The highest BCUT2D eigenvalue weighted by Gasteiger charge is 2.33. The summed E-state index contributed by atoms with van der Waals surface area (Å²) in [5.41, 5.74) is 0.345. The van der Waals surface area contributed by atoms with Gasteiger partial charge in [0.25, 0.3) is 10.0 Å². The normalized spacial score (nSPS) is 12.4. The van der Waals surface area contributed by atoms with E-state index in [1.807, 2.05) is 27.7 Å². The molecule has 0 saturated heterocycles. The van der Waals surface area contributed by atoms with Gasteiger partial charge in [-0.15, -0.1) is 0 Å². The summed E-state index contributed by atoms with van der Waals surface area (Å²) in [4.78, 5) is 28.2. The van der Waals surface area contributed by atoms with Crippen LogP contribution in [-0.4, -0.2) is 49.9 Å². The van der Waals surface area contributed by atoms with E-state index in [2.05, 4.69) is 5.32 Å². The fraction of sp³-hybridized carbons (Fsp3) is 0.333. The maximum absolute atomic E-state index is 13.9. The minimum absolute atomic E-state index is 0.0302. The third-order valence-electron chi connectivity index (χ3n) is 6.05. The van der Waals surface area contributed by atoms with Gasteiger partial charge in [-0.2, -0.15) is 0 Å². The molecule has 0 fully saturated rings. The second kappa shape index (κ2) is 13.4. The van der Waals surface area contributed by atoms with E-state index in [4.69, 9.17) is 16.3 Å². The molecule has 220 valence electrons. The van der Waals surface area contributed by atoms with E-state index in [0.717, 1.165) is 28.6 Å². The predicted octanol–water partition coefficient (Wildman–Crippen LogP) is 5.41. The fourth-order valence-corrected chi connectivity index (χ4v) is 5.52. The molecular formula is C30H35ClFN3O5S. The highest BCUT2D eigenvalue weighted by molar-refractivity contribution is 7.92. The molecule has 2 amide bonds. The molecule has 3 aromatic carbocycles. The van der Waals surface area contributed by atoms with Crippen LogP contribution in [0, 0.1) is 5.82 Å². The minimum atomic E-state index is -4.32. The Morgan fingerprint density at radius 2 is 1.56 bits per heavy atom. The second-order valence-electron chi connectivity index (χ2n) is 10.5. The van der Waals surface area contributed by atoms with Gasteiger partial charge >= 0.3 is 0 Å². The van der Waals surface area contributed by atoms with Crippen molar-refractivity contribution in [2.75, 3.05) is 17.5 Å². The molecule has 1 unspecified atom stereocenters. The topological polar surface area (TPSA) is 96.0 Å². The summed E-state index contributed by atoms with van der Waals surface area (Å²) in [7, 11) is -4.32. The third kappa shape index (κ3) is 8.68. The van der Waals surface area contributed by atoms with E-state index < -0.39 is 45.8 Å². The smallest absolute Gasteiger partial charge is 0.264 e. The van der Waals surface area contributed by atoms with Crippen molar-refractivity contribution >= 4 is 39.1 Å². The van der Waals surface area contributed by atoms with E-state index in [1.54, 1.807) is 43.3 Å². The SMILES string of the molecule is CCOc1ccc(N(CC(=O)N(Cc2ccc(Cl)cc2)C(C)C(=O)NC(C)(C)C)S(=O)(=O)c2ccc(F)cc2)cc1. The van der Waals surface area contributed by atoms with Crippen LogP contribution in [-0.2, 0) is 26.2 Å². The Hall–Kier alpha value is -3.63. The van der Waals surface area contributed by atoms with Gasteiger partial charge in [-0.25, -0.2) is 12.8 Å². The number of nitrogens with one attached hydrogen (secondary N) is 1. The van der Waals surface area contributed by atoms with Crippen LogP contribution in [0.2, 0.25) is 5.02 Å². The predicted molar refractivity (Wildman–Crippen MR) is 158 cm³/mol. The van der Waals surface area contributed by atoms with Crippen LogP contribution >= 0.6 is 11.6 Å². The molecule has 0 aromatic heterocycles. The lowest BCUT2D eigenvalue weighted by molar-refractivity contribution is -0.140. The molecule has 0 heterocycles. The number of amides is 2. The Labute approximate surface area is 246 Å². The summed E-state index contributed by atoms with van der Waals surface area (Å²) in [6, 6.07) is 16.5. The molecule has 0 spiro atoms. The maximum Gasteiger partial charge on any atom is 0.264 e. The van der Waals surface area contributed by atoms with E-state index in [-0.39, 0.29) is 17.1 Å². The van der Waals surface area contributed by atoms with Crippen LogP contribution in [0.5, 0.6) is 5.75 Å². The van der Waals surface area contributed by atoms with Crippen molar-refractivity contribution in [1.29, 1.82) is 0 Å². The Morgan fingerprint density at radius 3 is 2.10 bits per heavy atom. The minimum Gasteiger partial charge on any atom is -0.494 e. The van der Waals surface area contributed by atoms with Gasteiger partial charge in [0, 0.05) is 17.1 Å². The number of nitrogens with zero attached hydrogens (tertiary/aromatic N) is 2. The van der Waals surface area contributed by atoms with Crippen molar-refractivity contribution in [3.63, 3.8) is 0 Å². The number of halogens is 2. The van der Waals surface area contributed by atoms with E-state index >= 15 is 0 Å². The summed E-state index contributed by atoms with van der Waals surface area (Å²) >= 11 is 6.03. The van der Waals surface area contributed by atoms with Gasteiger partial charge in [-0.05, 0) is 101 Å². The van der Waals surface area contributed by atoms with Gasteiger partial charge in [0.15, 0.2) is 0 Å². The number of carbonyl (C=O) groups excluding carboxylic acids is 2. The van der Waals surface area contributed by atoms with Gasteiger partial charge in [-0.1, -0.05) is 23.7 Å². The number of ether oxygens (including phenoxy) is 1. The number of hydrogen-bond acceptors (Lipinski definition) is 5. The Kier molecular flexibility index (Phi) is 10.4. The molecule has 1 atom stereocenters. The summed E-state index contributed by atoms with van der Waals surface area (Å²) in [5, 5.41) is 3.39. The molecule has 3 rings (SSSR count). The maximum atomic E-state index is 13.9. The first kappa shape index (κ1) is 31.9. The number of benzene rings is 3. The molecule has 1 N–H and O–H groups in total. The first-order valence-corrected chi connectivity index (χ1v) is 14.9. The van der Waals surface area contributed by atoms with Crippen molar-refractivity contribution in [3.05, 3.63) is 89.2 Å². The number of anilines is 1. The highest BCUT2D eigenvalue weighted by Crippen LogP contribution is 2.27. The lowest BCUT2D eigenvalue weighted by Gasteiger charge is -2.33. The first-order valence-electron chi connectivity index (χ1n) is 13.1. The van der Waals surface area contributed by atoms with Crippen LogP contribution in [0.4, 0.5) is 10.1 Å². The Morgan fingerprint density at radius 1 is 0.976 bits per heavy atom. The van der Waals surface area contributed by atoms with Crippen molar-refractivity contribution in [2.24, 2.45) is 0 Å². The van der Waals surface area contributed by atoms with Gasteiger partial charge in [0.1, 0.15) is 24.2 Å². The zero-order valence-electron chi connectivity index (χ0n) is 23.7. The second-order valence-corrected chi connectivity index (χ2v) is 12.8. The van der Waals surface area contributed by atoms with Crippen LogP contribution in [0.15, 0.2) is 77.7 Å².